The van der Waals surface area contributed by atoms with Crippen LogP contribution in [0.5, 0.6) is 0 Å². The molecule has 33 heavy (non-hydrogen) atoms. The van der Waals surface area contributed by atoms with Crippen LogP contribution in [-0.4, -0.2) is 59.9 Å². The van der Waals surface area contributed by atoms with E-state index < -0.39 is 0 Å². The van der Waals surface area contributed by atoms with Crippen LogP contribution < -0.4 is 10.4 Å². The third-order valence-corrected chi connectivity index (χ3v) is 6.23. The molecule has 2 N–H and O–H groups in total. The summed E-state index contributed by atoms with van der Waals surface area (Å²) in [5, 5.41) is 21.2. The highest BCUT2D eigenvalue weighted by atomic mass is 16.5. The average molecular weight is 449 g/mol. The first-order valence-corrected chi connectivity index (χ1v) is 11.1. The van der Waals surface area contributed by atoms with E-state index in [-0.39, 0.29) is 17.4 Å². The lowest BCUT2D eigenvalue weighted by Gasteiger charge is -2.41. The Kier molecular flexibility index (Phi) is 6.51. The number of nitriles is 1. The number of hydrogen-bond acceptors (Lipinski definition) is 8. The molecule has 2 aliphatic rings. The van der Waals surface area contributed by atoms with E-state index in [0.717, 1.165) is 29.7 Å². The van der Waals surface area contributed by atoms with Gasteiger partial charge < -0.3 is 14.5 Å². The van der Waals surface area contributed by atoms with Crippen molar-refractivity contribution in [2.24, 2.45) is 5.22 Å². The van der Waals surface area contributed by atoms with Crippen LogP contribution in [0.3, 0.4) is 0 Å². The zero-order valence-electron chi connectivity index (χ0n) is 18.9. The van der Waals surface area contributed by atoms with Crippen molar-refractivity contribution >= 4 is 11.7 Å². The molecule has 1 amide bonds. The van der Waals surface area contributed by atoms with Gasteiger partial charge in [-0.1, -0.05) is 5.22 Å². The second kappa shape index (κ2) is 9.50. The molecular formula is C23H28N8O2. The van der Waals surface area contributed by atoms with Gasteiger partial charge in [0.1, 0.15) is 17.4 Å². The van der Waals surface area contributed by atoms with E-state index in [0.29, 0.717) is 50.0 Å². The van der Waals surface area contributed by atoms with E-state index in [9.17, 15) is 10.1 Å². The molecule has 2 aromatic heterocycles. The Morgan fingerprint density at radius 3 is 2.79 bits per heavy atom. The van der Waals surface area contributed by atoms with Gasteiger partial charge in [0, 0.05) is 56.0 Å². The highest BCUT2D eigenvalue weighted by Gasteiger charge is 2.33. The summed E-state index contributed by atoms with van der Waals surface area (Å²) >= 11 is 0. The van der Waals surface area contributed by atoms with E-state index >= 15 is 0 Å². The first kappa shape index (κ1) is 22.6. The van der Waals surface area contributed by atoms with Crippen LogP contribution >= 0.6 is 0 Å². The van der Waals surface area contributed by atoms with E-state index in [4.69, 9.17) is 20.7 Å². The Morgan fingerprint density at radius 2 is 2.15 bits per heavy atom. The van der Waals surface area contributed by atoms with Gasteiger partial charge in [-0.25, -0.2) is 9.66 Å². The number of anilines is 1. The van der Waals surface area contributed by atoms with Gasteiger partial charge in [-0.15, -0.1) is 0 Å². The summed E-state index contributed by atoms with van der Waals surface area (Å²) in [4.78, 5) is 21.5. The van der Waals surface area contributed by atoms with Gasteiger partial charge in [-0.3, -0.25) is 10.2 Å². The summed E-state index contributed by atoms with van der Waals surface area (Å²) in [5.41, 5.74) is 10.4. The van der Waals surface area contributed by atoms with Gasteiger partial charge in [0.2, 0.25) is 5.91 Å². The normalized spacial score (nSPS) is 18.2. The Morgan fingerprint density at radius 1 is 1.36 bits per heavy atom. The van der Waals surface area contributed by atoms with Crippen molar-refractivity contribution in [1.29, 1.82) is 16.2 Å². The molecule has 1 aliphatic heterocycles. The second-order valence-electron chi connectivity index (χ2n) is 8.55. The van der Waals surface area contributed by atoms with Crippen LogP contribution in [0.15, 0.2) is 29.6 Å². The van der Waals surface area contributed by atoms with Crippen molar-refractivity contribution in [1.82, 2.24) is 14.6 Å². The van der Waals surface area contributed by atoms with Crippen molar-refractivity contribution < 1.29 is 9.53 Å². The molecule has 10 nitrogen and oxygen atoms in total. The number of hydrogen-bond donors (Lipinski definition) is 2. The number of rotatable bonds is 7. The molecule has 1 atom stereocenters. The molecule has 2 aromatic rings. The lowest BCUT2D eigenvalue weighted by molar-refractivity contribution is -0.134. The van der Waals surface area contributed by atoms with Gasteiger partial charge in [-0.2, -0.15) is 10.8 Å². The van der Waals surface area contributed by atoms with Crippen LogP contribution in [-0.2, 0) is 9.53 Å². The number of ether oxygens (including phenoxy) is 1. The van der Waals surface area contributed by atoms with Crippen LogP contribution in [0.2, 0.25) is 0 Å². The largest absolute Gasteiger partial charge is 0.384 e. The monoisotopic (exact) mass is 448 g/mol. The molecule has 2 fully saturated rings. The number of amides is 1. The van der Waals surface area contributed by atoms with Crippen molar-refractivity contribution in [3.8, 4) is 17.2 Å². The summed E-state index contributed by atoms with van der Waals surface area (Å²) < 4.78 is 6.23. The lowest BCUT2D eigenvalue weighted by Crippen LogP contribution is -2.54. The van der Waals surface area contributed by atoms with Crippen LogP contribution in [0.4, 0.5) is 5.82 Å². The summed E-state index contributed by atoms with van der Waals surface area (Å²) in [6, 6.07) is 7.56. The van der Waals surface area contributed by atoms with E-state index in [1.54, 1.807) is 25.4 Å². The van der Waals surface area contributed by atoms with Crippen molar-refractivity contribution in [2.75, 3.05) is 38.3 Å². The van der Waals surface area contributed by atoms with Crippen LogP contribution in [0.25, 0.3) is 11.1 Å². The number of nitrogens with zero attached hydrogens (tertiary/aromatic N) is 6. The molecule has 1 aliphatic carbocycles. The van der Waals surface area contributed by atoms with Gasteiger partial charge in [0.15, 0.2) is 0 Å². The minimum absolute atomic E-state index is 0.00252. The molecule has 10 heteroatoms. The number of aromatic nitrogens is 2. The highest BCUT2D eigenvalue weighted by molar-refractivity contribution is 5.77. The second-order valence-corrected chi connectivity index (χ2v) is 8.55. The van der Waals surface area contributed by atoms with Gasteiger partial charge in [0.25, 0.3) is 0 Å². The fourth-order valence-electron chi connectivity index (χ4n) is 4.32. The fourth-order valence-corrected chi connectivity index (χ4v) is 4.32. The Hall–Kier alpha value is -3.58. The molecule has 1 saturated heterocycles. The first-order chi connectivity index (χ1) is 16.0. The van der Waals surface area contributed by atoms with E-state index in [1.807, 2.05) is 17.9 Å². The maximum Gasteiger partial charge on any atom is 0.225 e. The SMILES string of the molecule is COCCC(=O)N1CCN(c2nc(C3CC3)c(-c3ccc(=N)n(N=N)c3)cc2C#N)CC1C. The number of carbonyl (C=O) groups is 1. The lowest BCUT2D eigenvalue weighted by atomic mass is 10.00. The van der Waals surface area contributed by atoms with Crippen molar-refractivity contribution in [2.45, 2.75) is 38.1 Å². The summed E-state index contributed by atoms with van der Waals surface area (Å²) in [5.74, 6) is 1.07. The molecule has 0 radical (unpaired) electrons. The molecular weight excluding hydrogens is 420 g/mol. The average Bonchev–Trinajstić information content (AvgIpc) is 3.67. The van der Waals surface area contributed by atoms with Crippen LogP contribution in [0.1, 0.15) is 43.4 Å². The Balaban J connectivity index is 1.66. The molecule has 4 rings (SSSR count). The smallest absolute Gasteiger partial charge is 0.225 e. The van der Waals surface area contributed by atoms with E-state index in [2.05, 4.69) is 16.2 Å². The first-order valence-electron chi connectivity index (χ1n) is 11.1. The maximum absolute atomic E-state index is 12.5. The summed E-state index contributed by atoms with van der Waals surface area (Å²) in [7, 11) is 1.59. The van der Waals surface area contributed by atoms with Gasteiger partial charge >= 0.3 is 0 Å². The molecule has 0 spiro atoms. The predicted octanol–water partition coefficient (Wildman–Crippen LogP) is 2.65. The molecule has 0 aromatic carbocycles. The van der Waals surface area contributed by atoms with Crippen molar-refractivity contribution in [3.63, 3.8) is 0 Å². The van der Waals surface area contributed by atoms with Crippen molar-refractivity contribution in [3.05, 3.63) is 41.1 Å². The maximum atomic E-state index is 12.5. The van der Waals surface area contributed by atoms with Gasteiger partial charge in [0.05, 0.1) is 24.3 Å². The Bertz CT molecular complexity index is 1160. The Labute approximate surface area is 192 Å². The molecule has 1 unspecified atom stereocenters. The predicted molar refractivity (Wildman–Crippen MR) is 121 cm³/mol. The summed E-state index contributed by atoms with van der Waals surface area (Å²) in [6.07, 6.45) is 4.09. The summed E-state index contributed by atoms with van der Waals surface area (Å²) in [6.45, 7) is 4.22. The zero-order valence-corrected chi connectivity index (χ0v) is 18.9. The minimum Gasteiger partial charge on any atom is -0.384 e. The van der Waals surface area contributed by atoms with Crippen LogP contribution in [0, 0.1) is 22.3 Å². The third-order valence-electron chi connectivity index (χ3n) is 6.23. The number of nitrogens with one attached hydrogen (secondary N) is 2. The molecule has 0 bridgehead atoms. The van der Waals surface area contributed by atoms with Gasteiger partial charge in [-0.05, 0) is 38.0 Å². The fraction of sp³-hybridized carbons (Fsp3) is 0.478. The molecule has 172 valence electrons. The number of carbonyl (C=O) groups excluding carboxylic acids is 1. The number of pyridine rings is 2. The topological polar surface area (TPSA) is 134 Å². The standard InChI is InChI=1S/C23H28N8O2/c1-15-13-29(8-9-30(15)21(32)7-10-33-2)23-18(12-24)11-19(22(27-23)16-3-4-16)17-5-6-20(25)31(14-17)28-26/h5-6,11,14-16,25-26H,3-4,7-10,13H2,1-2H3. The minimum atomic E-state index is 0.00252. The van der Waals surface area contributed by atoms with E-state index in [1.165, 1.54) is 4.68 Å². The zero-order chi connectivity index (χ0) is 23.5. The highest BCUT2D eigenvalue weighted by Crippen LogP contribution is 2.44. The number of methoxy groups -OCH3 is 1. The molecule has 3 heterocycles. The quantitative estimate of drug-likeness (QED) is 0.628. The third kappa shape index (κ3) is 4.64. The number of piperazine rings is 1. The molecule has 1 saturated carbocycles.